The lowest BCUT2D eigenvalue weighted by Crippen LogP contribution is -2.31. The third-order valence-electron chi connectivity index (χ3n) is 2.63. The van der Waals surface area contributed by atoms with E-state index in [9.17, 15) is 4.79 Å². The molecule has 1 amide bonds. The van der Waals surface area contributed by atoms with Crippen LogP contribution in [0.3, 0.4) is 0 Å². The highest BCUT2D eigenvalue weighted by Crippen LogP contribution is 2.31. The standard InChI is InChI=1S/C12H18Cl2N2OS/c1-8(6-15)7-16-11(17)4-2-3-9-5-10(13)18-12(9)14/h5,8H,2-4,6-7,15H2,1H3,(H,16,17). The van der Waals surface area contributed by atoms with Crippen LogP contribution in [0.5, 0.6) is 0 Å². The first-order chi connectivity index (χ1) is 8.52. The van der Waals surface area contributed by atoms with E-state index in [1.807, 2.05) is 13.0 Å². The van der Waals surface area contributed by atoms with E-state index in [4.69, 9.17) is 28.9 Å². The van der Waals surface area contributed by atoms with Crippen LogP contribution < -0.4 is 11.1 Å². The molecule has 0 aliphatic carbocycles. The number of carbonyl (C=O) groups is 1. The van der Waals surface area contributed by atoms with Crippen molar-refractivity contribution in [2.45, 2.75) is 26.2 Å². The fourth-order valence-corrected chi connectivity index (χ4v) is 2.99. The average Bonchev–Trinajstić information content (AvgIpc) is 2.65. The SMILES string of the molecule is CC(CN)CNC(=O)CCCc1cc(Cl)sc1Cl. The maximum Gasteiger partial charge on any atom is 0.220 e. The smallest absolute Gasteiger partial charge is 0.220 e. The third kappa shape index (κ3) is 5.57. The predicted molar refractivity (Wildman–Crippen MR) is 78.5 cm³/mol. The van der Waals surface area contributed by atoms with Crippen LogP contribution in [-0.4, -0.2) is 19.0 Å². The zero-order valence-corrected chi connectivity index (χ0v) is 12.7. The molecule has 1 unspecified atom stereocenters. The first-order valence-corrected chi connectivity index (χ1v) is 7.50. The summed E-state index contributed by atoms with van der Waals surface area (Å²) in [5, 5.41) is 2.86. The summed E-state index contributed by atoms with van der Waals surface area (Å²) < 4.78 is 1.41. The molecule has 3 N–H and O–H groups in total. The molecule has 18 heavy (non-hydrogen) atoms. The van der Waals surface area contributed by atoms with E-state index in [0.717, 1.165) is 22.7 Å². The lowest BCUT2D eigenvalue weighted by molar-refractivity contribution is -0.121. The van der Waals surface area contributed by atoms with Gasteiger partial charge < -0.3 is 11.1 Å². The molecule has 0 aromatic carbocycles. The van der Waals surface area contributed by atoms with Gasteiger partial charge in [-0.1, -0.05) is 30.1 Å². The molecular formula is C12H18Cl2N2OS. The van der Waals surface area contributed by atoms with Crippen molar-refractivity contribution in [3.63, 3.8) is 0 Å². The largest absolute Gasteiger partial charge is 0.356 e. The van der Waals surface area contributed by atoms with Crippen molar-refractivity contribution in [3.8, 4) is 0 Å². The second-order valence-electron chi connectivity index (χ2n) is 4.35. The summed E-state index contributed by atoms with van der Waals surface area (Å²) in [6, 6.07) is 1.86. The molecule has 0 radical (unpaired) electrons. The van der Waals surface area contributed by atoms with Crippen molar-refractivity contribution in [3.05, 3.63) is 20.3 Å². The predicted octanol–water partition coefficient (Wildman–Crippen LogP) is 3.09. The Morgan fingerprint density at radius 1 is 1.56 bits per heavy atom. The lowest BCUT2D eigenvalue weighted by atomic mass is 10.1. The van der Waals surface area contributed by atoms with Crippen molar-refractivity contribution in [2.24, 2.45) is 11.7 Å². The summed E-state index contributed by atoms with van der Waals surface area (Å²) in [4.78, 5) is 11.5. The Morgan fingerprint density at radius 2 is 2.28 bits per heavy atom. The number of aryl methyl sites for hydroxylation is 1. The average molecular weight is 309 g/mol. The van der Waals surface area contributed by atoms with Gasteiger partial charge in [0.25, 0.3) is 0 Å². The molecule has 102 valence electrons. The first-order valence-electron chi connectivity index (χ1n) is 5.93. The van der Waals surface area contributed by atoms with E-state index in [2.05, 4.69) is 5.32 Å². The van der Waals surface area contributed by atoms with Crippen molar-refractivity contribution >= 4 is 40.4 Å². The van der Waals surface area contributed by atoms with Crippen LogP contribution in [0.2, 0.25) is 8.67 Å². The Balaban J connectivity index is 2.21. The van der Waals surface area contributed by atoms with Gasteiger partial charge in [-0.25, -0.2) is 0 Å². The van der Waals surface area contributed by atoms with Crippen LogP contribution in [-0.2, 0) is 11.2 Å². The second kappa shape index (κ2) is 8.00. The van der Waals surface area contributed by atoms with Gasteiger partial charge in [-0.15, -0.1) is 11.3 Å². The van der Waals surface area contributed by atoms with Crippen LogP contribution in [0.4, 0.5) is 0 Å². The quantitative estimate of drug-likeness (QED) is 0.813. The molecule has 6 heteroatoms. The summed E-state index contributed by atoms with van der Waals surface area (Å²) in [5.41, 5.74) is 6.50. The minimum Gasteiger partial charge on any atom is -0.356 e. The summed E-state index contributed by atoms with van der Waals surface area (Å²) in [5.74, 6) is 0.381. The highest BCUT2D eigenvalue weighted by Gasteiger charge is 2.08. The highest BCUT2D eigenvalue weighted by atomic mass is 35.5. The molecule has 0 spiro atoms. The van der Waals surface area contributed by atoms with E-state index in [1.54, 1.807) is 0 Å². The van der Waals surface area contributed by atoms with Gasteiger partial charge in [-0.05, 0) is 36.9 Å². The van der Waals surface area contributed by atoms with E-state index >= 15 is 0 Å². The molecule has 0 aliphatic heterocycles. The van der Waals surface area contributed by atoms with Gasteiger partial charge in [0.1, 0.15) is 0 Å². The maximum atomic E-state index is 11.5. The number of nitrogens with one attached hydrogen (secondary N) is 1. The molecule has 0 fully saturated rings. The molecule has 1 rings (SSSR count). The topological polar surface area (TPSA) is 55.1 Å². The Labute approximate surface area is 122 Å². The Hall–Kier alpha value is -0.290. The van der Waals surface area contributed by atoms with E-state index in [1.165, 1.54) is 11.3 Å². The van der Waals surface area contributed by atoms with Crippen LogP contribution in [0, 0.1) is 5.92 Å². The minimum atomic E-state index is 0.0627. The number of carbonyl (C=O) groups excluding carboxylic acids is 1. The molecule has 0 saturated carbocycles. The lowest BCUT2D eigenvalue weighted by Gasteiger charge is -2.09. The zero-order valence-electron chi connectivity index (χ0n) is 10.3. The number of amides is 1. The van der Waals surface area contributed by atoms with Gasteiger partial charge in [0.05, 0.1) is 8.67 Å². The molecule has 1 aromatic rings. The van der Waals surface area contributed by atoms with Crippen LogP contribution in [0.25, 0.3) is 0 Å². The fraction of sp³-hybridized carbons (Fsp3) is 0.583. The van der Waals surface area contributed by atoms with Crippen LogP contribution in [0.1, 0.15) is 25.3 Å². The normalized spacial score (nSPS) is 12.4. The number of rotatable bonds is 7. The zero-order chi connectivity index (χ0) is 13.5. The third-order valence-corrected chi connectivity index (χ3v) is 4.20. The molecule has 3 nitrogen and oxygen atoms in total. The van der Waals surface area contributed by atoms with Gasteiger partial charge in [-0.2, -0.15) is 0 Å². The van der Waals surface area contributed by atoms with E-state index in [-0.39, 0.29) is 5.91 Å². The van der Waals surface area contributed by atoms with E-state index < -0.39 is 0 Å². The first kappa shape index (κ1) is 15.8. The van der Waals surface area contributed by atoms with Gasteiger partial charge in [0.15, 0.2) is 0 Å². The number of nitrogens with two attached hydrogens (primary N) is 1. The van der Waals surface area contributed by atoms with Crippen LogP contribution in [0.15, 0.2) is 6.07 Å². The monoisotopic (exact) mass is 308 g/mol. The van der Waals surface area contributed by atoms with Gasteiger partial charge in [0, 0.05) is 13.0 Å². The molecular weight excluding hydrogens is 291 g/mol. The molecule has 0 aliphatic rings. The molecule has 0 bridgehead atoms. The Morgan fingerprint density at radius 3 is 2.83 bits per heavy atom. The second-order valence-corrected chi connectivity index (χ2v) is 6.63. The minimum absolute atomic E-state index is 0.0627. The molecule has 1 aromatic heterocycles. The number of hydrogen-bond donors (Lipinski definition) is 2. The highest BCUT2D eigenvalue weighted by molar-refractivity contribution is 7.20. The van der Waals surface area contributed by atoms with Gasteiger partial charge in [-0.3, -0.25) is 4.79 Å². The number of hydrogen-bond acceptors (Lipinski definition) is 3. The maximum absolute atomic E-state index is 11.5. The summed E-state index contributed by atoms with van der Waals surface area (Å²) in [7, 11) is 0. The Kier molecular flexibility index (Phi) is 7.00. The van der Waals surface area contributed by atoms with Gasteiger partial charge in [0.2, 0.25) is 5.91 Å². The van der Waals surface area contributed by atoms with Crippen molar-refractivity contribution in [1.29, 1.82) is 0 Å². The molecule has 1 atom stereocenters. The molecule has 1 heterocycles. The number of halogens is 2. The van der Waals surface area contributed by atoms with Crippen molar-refractivity contribution in [2.75, 3.05) is 13.1 Å². The van der Waals surface area contributed by atoms with Crippen molar-refractivity contribution in [1.82, 2.24) is 5.32 Å². The fourth-order valence-electron chi connectivity index (χ4n) is 1.44. The summed E-state index contributed by atoms with van der Waals surface area (Å²) >= 11 is 13.2. The van der Waals surface area contributed by atoms with Gasteiger partial charge >= 0.3 is 0 Å². The molecule has 0 saturated heterocycles. The van der Waals surface area contributed by atoms with Crippen LogP contribution >= 0.6 is 34.5 Å². The van der Waals surface area contributed by atoms with Crippen molar-refractivity contribution < 1.29 is 4.79 Å². The summed E-state index contributed by atoms with van der Waals surface area (Å²) in [6.07, 6.45) is 2.05. The number of thiophene rings is 1. The summed E-state index contributed by atoms with van der Waals surface area (Å²) in [6.45, 7) is 3.23. The van der Waals surface area contributed by atoms with E-state index in [0.29, 0.717) is 29.8 Å². The Bertz CT molecular complexity index is 395.